The number of halogens is 2. The fraction of sp³-hybridized carbons (Fsp3) is 0.200. The minimum absolute atomic E-state index is 0.0181. The van der Waals surface area contributed by atoms with Gasteiger partial charge in [-0.25, -0.2) is 8.78 Å². The van der Waals surface area contributed by atoms with Crippen molar-refractivity contribution in [2.45, 2.75) is 20.5 Å². The van der Waals surface area contributed by atoms with E-state index >= 15 is 0 Å². The zero-order valence-electron chi connectivity index (χ0n) is 10.3. The van der Waals surface area contributed by atoms with Gasteiger partial charge in [-0.3, -0.25) is 0 Å². The highest BCUT2D eigenvalue weighted by Crippen LogP contribution is 2.26. The molecule has 18 heavy (non-hydrogen) atoms. The molecule has 2 aromatic carbocycles. The minimum Gasteiger partial charge on any atom is -0.392 e. The van der Waals surface area contributed by atoms with Crippen molar-refractivity contribution in [3.8, 4) is 11.1 Å². The summed E-state index contributed by atoms with van der Waals surface area (Å²) >= 11 is 0. The minimum atomic E-state index is -0.853. The van der Waals surface area contributed by atoms with Gasteiger partial charge in [0.05, 0.1) is 6.61 Å². The van der Waals surface area contributed by atoms with E-state index in [2.05, 4.69) is 0 Å². The summed E-state index contributed by atoms with van der Waals surface area (Å²) in [5.41, 5.74) is 4.21. The highest BCUT2D eigenvalue weighted by Gasteiger charge is 2.08. The van der Waals surface area contributed by atoms with Crippen LogP contribution in [0.2, 0.25) is 0 Å². The van der Waals surface area contributed by atoms with Crippen molar-refractivity contribution in [3.05, 3.63) is 58.7 Å². The van der Waals surface area contributed by atoms with Crippen LogP contribution >= 0.6 is 0 Å². The quantitative estimate of drug-likeness (QED) is 0.858. The molecule has 0 aromatic heterocycles. The second-order valence-corrected chi connectivity index (χ2v) is 4.38. The molecular formula is C15H14F2O. The number of hydrogen-bond acceptors (Lipinski definition) is 1. The second kappa shape index (κ2) is 4.86. The van der Waals surface area contributed by atoms with Crippen molar-refractivity contribution < 1.29 is 13.9 Å². The van der Waals surface area contributed by atoms with Gasteiger partial charge in [-0.05, 0) is 53.8 Å². The average molecular weight is 248 g/mol. The summed E-state index contributed by atoms with van der Waals surface area (Å²) in [6.45, 7) is 3.76. The Morgan fingerprint density at radius 2 is 1.50 bits per heavy atom. The predicted octanol–water partition coefficient (Wildman–Crippen LogP) is 3.74. The van der Waals surface area contributed by atoms with E-state index in [1.165, 1.54) is 6.07 Å². The maximum Gasteiger partial charge on any atom is 0.159 e. The summed E-state index contributed by atoms with van der Waals surface area (Å²) in [5, 5.41) is 9.23. The van der Waals surface area contributed by atoms with Crippen molar-refractivity contribution >= 4 is 0 Å². The lowest BCUT2D eigenvalue weighted by Crippen LogP contribution is -1.95. The van der Waals surface area contributed by atoms with E-state index in [9.17, 15) is 13.9 Å². The molecule has 0 saturated heterocycles. The van der Waals surface area contributed by atoms with Crippen molar-refractivity contribution in [1.82, 2.24) is 0 Å². The van der Waals surface area contributed by atoms with Crippen LogP contribution in [-0.4, -0.2) is 5.11 Å². The topological polar surface area (TPSA) is 20.2 Å². The molecule has 0 aliphatic rings. The number of aliphatic hydroxyl groups excluding tert-OH is 1. The largest absolute Gasteiger partial charge is 0.392 e. The van der Waals surface area contributed by atoms with Crippen molar-refractivity contribution in [2.24, 2.45) is 0 Å². The normalized spacial score (nSPS) is 10.7. The number of rotatable bonds is 2. The smallest absolute Gasteiger partial charge is 0.159 e. The molecule has 0 aliphatic heterocycles. The third-order valence-electron chi connectivity index (χ3n) is 3.11. The summed E-state index contributed by atoms with van der Waals surface area (Å²) in [7, 11) is 0. The van der Waals surface area contributed by atoms with E-state index in [1.807, 2.05) is 26.0 Å². The van der Waals surface area contributed by atoms with Gasteiger partial charge in [-0.15, -0.1) is 0 Å². The second-order valence-electron chi connectivity index (χ2n) is 4.38. The third-order valence-corrected chi connectivity index (χ3v) is 3.11. The van der Waals surface area contributed by atoms with Crippen LogP contribution in [0.5, 0.6) is 0 Å². The first-order valence-electron chi connectivity index (χ1n) is 5.69. The number of aryl methyl sites for hydroxylation is 2. The summed E-state index contributed by atoms with van der Waals surface area (Å²) in [6.07, 6.45) is 0. The Bertz CT molecular complexity index is 568. The van der Waals surface area contributed by atoms with Gasteiger partial charge >= 0.3 is 0 Å². The standard InChI is InChI=1S/C15H14F2O/c1-9-5-12(6-10(2)13(9)8-18)11-3-4-14(16)15(17)7-11/h3-7,18H,8H2,1-2H3. The van der Waals surface area contributed by atoms with Gasteiger partial charge in [-0.2, -0.15) is 0 Å². The Kier molecular flexibility index (Phi) is 3.43. The molecular weight excluding hydrogens is 234 g/mol. The SMILES string of the molecule is Cc1cc(-c2ccc(F)c(F)c2)cc(C)c1CO. The first-order valence-corrected chi connectivity index (χ1v) is 5.69. The van der Waals surface area contributed by atoms with Gasteiger partial charge in [0.2, 0.25) is 0 Å². The van der Waals surface area contributed by atoms with Crippen LogP contribution in [0.25, 0.3) is 11.1 Å². The maximum absolute atomic E-state index is 13.2. The molecule has 0 amide bonds. The lowest BCUT2D eigenvalue weighted by atomic mass is 9.96. The van der Waals surface area contributed by atoms with E-state index in [4.69, 9.17) is 0 Å². The molecule has 2 aromatic rings. The van der Waals surface area contributed by atoms with E-state index < -0.39 is 11.6 Å². The van der Waals surface area contributed by atoms with Crippen LogP contribution in [0.4, 0.5) is 8.78 Å². The van der Waals surface area contributed by atoms with E-state index in [0.717, 1.165) is 28.3 Å². The fourth-order valence-corrected chi connectivity index (χ4v) is 2.09. The molecule has 0 saturated carbocycles. The van der Waals surface area contributed by atoms with Crippen LogP contribution in [0, 0.1) is 25.5 Å². The molecule has 0 fully saturated rings. The molecule has 0 spiro atoms. The van der Waals surface area contributed by atoms with Gasteiger partial charge in [0.15, 0.2) is 11.6 Å². The Balaban J connectivity index is 2.54. The monoisotopic (exact) mass is 248 g/mol. The molecule has 3 heteroatoms. The fourth-order valence-electron chi connectivity index (χ4n) is 2.09. The van der Waals surface area contributed by atoms with E-state index in [-0.39, 0.29) is 6.61 Å². The molecule has 0 aliphatic carbocycles. The molecule has 0 bridgehead atoms. The van der Waals surface area contributed by atoms with Crippen LogP contribution in [0.1, 0.15) is 16.7 Å². The summed E-state index contributed by atoms with van der Waals surface area (Å²) in [4.78, 5) is 0. The van der Waals surface area contributed by atoms with E-state index in [0.29, 0.717) is 5.56 Å². The Morgan fingerprint density at radius 3 is 2.00 bits per heavy atom. The summed E-state index contributed by atoms with van der Waals surface area (Å²) in [6, 6.07) is 7.58. The van der Waals surface area contributed by atoms with Crippen molar-refractivity contribution in [2.75, 3.05) is 0 Å². The van der Waals surface area contributed by atoms with Crippen LogP contribution in [-0.2, 0) is 6.61 Å². The van der Waals surface area contributed by atoms with E-state index in [1.54, 1.807) is 6.07 Å². The molecule has 2 rings (SSSR count). The van der Waals surface area contributed by atoms with Gasteiger partial charge in [0.1, 0.15) is 0 Å². The molecule has 0 heterocycles. The van der Waals surface area contributed by atoms with Gasteiger partial charge in [0.25, 0.3) is 0 Å². The molecule has 94 valence electrons. The third kappa shape index (κ3) is 2.27. The molecule has 0 unspecified atom stereocenters. The van der Waals surface area contributed by atoms with Gasteiger partial charge in [-0.1, -0.05) is 18.2 Å². The highest BCUT2D eigenvalue weighted by atomic mass is 19.2. The zero-order chi connectivity index (χ0) is 13.3. The number of hydrogen-bond donors (Lipinski definition) is 1. The average Bonchev–Trinajstić information content (AvgIpc) is 2.32. The Labute approximate surface area is 105 Å². The molecule has 0 atom stereocenters. The Morgan fingerprint density at radius 1 is 0.889 bits per heavy atom. The van der Waals surface area contributed by atoms with Crippen LogP contribution < -0.4 is 0 Å². The Hall–Kier alpha value is -1.74. The first-order chi connectivity index (χ1) is 8.52. The zero-order valence-corrected chi connectivity index (χ0v) is 10.3. The van der Waals surface area contributed by atoms with Gasteiger partial charge in [0, 0.05) is 0 Å². The maximum atomic E-state index is 13.2. The lowest BCUT2D eigenvalue weighted by molar-refractivity contribution is 0.280. The lowest BCUT2D eigenvalue weighted by Gasteiger charge is -2.11. The van der Waals surface area contributed by atoms with Crippen molar-refractivity contribution in [3.63, 3.8) is 0 Å². The molecule has 1 N–H and O–H groups in total. The van der Waals surface area contributed by atoms with Crippen molar-refractivity contribution in [1.29, 1.82) is 0 Å². The number of benzene rings is 2. The van der Waals surface area contributed by atoms with Crippen LogP contribution in [0.3, 0.4) is 0 Å². The predicted molar refractivity (Wildman–Crippen MR) is 67.2 cm³/mol. The molecule has 1 nitrogen and oxygen atoms in total. The highest BCUT2D eigenvalue weighted by molar-refractivity contribution is 5.66. The summed E-state index contributed by atoms with van der Waals surface area (Å²) in [5.74, 6) is -1.70. The van der Waals surface area contributed by atoms with Crippen LogP contribution in [0.15, 0.2) is 30.3 Å². The number of aliphatic hydroxyl groups is 1. The first kappa shape index (κ1) is 12.7. The molecule has 0 radical (unpaired) electrons. The van der Waals surface area contributed by atoms with Gasteiger partial charge < -0.3 is 5.11 Å². The summed E-state index contributed by atoms with van der Waals surface area (Å²) < 4.78 is 26.1.